The summed E-state index contributed by atoms with van der Waals surface area (Å²) >= 11 is 0. The van der Waals surface area contributed by atoms with E-state index in [0.29, 0.717) is 19.3 Å². The number of rotatable bonds is 49. The van der Waals surface area contributed by atoms with Crippen LogP contribution in [0.25, 0.3) is 0 Å². The number of carboxylic acids is 1. The zero-order valence-electron chi connectivity index (χ0n) is 46.1. The van der Waals surface area contributed by atoms with Crippen LogP contribution in [0.3, 0.4) is 0 Å². The van der Waals surface area contributed by atoms with Crippen molar-refractivity contribution in [2.75, 3.05) is 13.2 Å². The molecule has 73 heavy (non-hydrogen) atoms. The molecule has 0 aromatic carbocycles. The molecule has 0 bridgehead atoms. The van der Waals surface area contributed by atoms with Gasteiger partial charge in [0.15, 0.2) is 24.6 Å². The highest BCUT2D eigenvalue weighted by molar-refractivity contribution is 5.74. The van der Waals surface area contributed by atoms with Crippen LogP contribution in [0.4, 0.5) is 0 Å². The summed E-state index contributed by atoms with van der Waals surface area (Å²) in [5.74, 6) is -3.17. The maximum atomic E-state index is 13.1. The zero-order chi connectivity index (χ0) is 53.3. The average Bonchev–Trinajstić information content (AvgIpc) is 3.37. The Kier molecular flexibility index (Phi) is 45.5. The standard InChI is InChI=1S/C61H104O12/c1-4-7-10-13-16-19-22-24-26-27-29-30-33-35-38-41-44-47-53(62)69-50-52(71-54(63)48-45-42-39-37-34-31-28-25-23-20-17-14-11-8-5-2)51-70-61-59(57(66)56(65)58(73-61)60(67)68)72-55(64)49-46-43-40-36-32-21-18-15-12-9-6-3/h8,11,17,20,24-26,28,34,37,52,56-59,61,65-66H,4-7,9-10,12-16,18-19,21-23,27,29-33,35-36,38-51H2,1-3H3,(H,67,68)/b11-8-,20-17-,26-24-,28-25-,37-34-. The van der Waals surface area contributed by atoms with E-state index < -0.39 is 67.3 Å². The molecule has 1 aliphatic rings. The number of hydrogen-bond acceptors (Lipinski definition) is 11. The Balaban J connectivity index is 2.71. The highest BCUT2D eigenvalue weighted by Crippen LogP contribution is 2.26. The second-order valence-electron chi connectivity index (χ2n) is 19.9. The molecular weight excluding hydrogens is 925 g/mol. The molecule has 1 fully saturated rings. The minimum Gasteiger partial charge on any atom is -0.479 e. The molecule has 12 nitrogen and oxygen atoms in total. The first-order chi connectivity index (χ1) is 35.6. The van der Waals surface area contributed by atoms with Crippen molar-refractivity contribution in [1.29, 1.82) is 0 Å². The summed E-state index contributed by atoms with van der Waals surface area (Å²) < 4.78 is 28.3. The molecular formula is C61H104O12. The number of hydrogen-bond donors (Lipinski definition) is 3. The predicted octanol–water partition coefficient (Wildman–Crippen LogP) is 14.8. The van der Waals surface area contributed by atoms with Gasteiger partial charge in [-0.3, -0.25) is 14.4 Å². The van der Waals surface area contributed by atoms with E-state index >= 15 is 0 Å². The maximum absolute atomic E-state index is 13.1. The Morgan fingerprint density at radius 3 is 1.36 bits per heavy atom. The summed E-state index contributed by atoms with van der Waals surface area (Å²) in [6.07, 6.45) is 47.7. The quantitative estimate of drug-likeness (QED) is 0.0228. The lowest BCUT2D eigenvalue weighted by Crippen LogP contribution is -2.61. The van der Waals surface area contributed by atoms with Crippen LogP contribution in [0.15, 0.2) is 60.8 Å². The van der Waals surface area contributed by atoms with Crippen molar-refractivity contribution in [3.8, 4) is 0 Å². The minimum atomic E-state index is -1.91. The van der Waals surface area contributed by atoms with E-state index in [1.165, 1.54) is 103 Å². The fourth-order valence-electron chi connectivity index (χ4n) is 8.59. The number of carbonyl (C=O) groups excluding carboxylic acids is 3. The number of ether oxygens (including phenoxy) is 5. The Hall–Kier alpha value is -3.58. The highest BCUT2D eigenvalue weighted by atomic mass is 16.7. The van der Waals surface area contributed by atoms with Crippen molar-refractivity contribution in [3.63, 3.8) is 0 Å². The number of carboxylic acid groups (broad SMARTS) is 1. The third-order valence-corrected chi connectivity index (χ3v) is 13.1. The molecule has 6 atom stereocenters. The zero-order valence-corrected chi connectivity index (χ0v) is 46.1. The molecule has 1 heterocycles. The second-order valence-corrected chi connectivity index (χ2v) is 19.9. The van der Waals surface area contributed by atoms with Crippen molar-refractivity contribution >= 4 is 23.9 Å². The lowest BCUT2D eigenvalue weighted by atomic mass is 9.98. The normalized spacial score (nSPS) is 18.7. The summed E-state index contributed by atoms with van der Waals surface area (Å²) in [5.41, 5.74) is 0. The molecule has 3 N–H and O–H groups in total. The summed E-state index contributed by atoms with van der Waals surface area (Å²) in [4.78, 5) is 51.0. The van der Waals surface area contributed by atoms with Gasteiger partial charge in [0.2, 0.25) is 0 Å². The SMILES string of the molecule is CC/C=C\C/C=C\C/C=C\C/C=C\CCCCC(=O)OC(COC(=O)CCCCCCCCC/C=C\CCCCCCCC)COC1OC(C(=O)O)C(O)C(O)C1OC(=O)CCCCCCCCCCCCC. The van der Waals surface area contributed by atoms with Gasteiger partial charge in [-0.15, -0.1) is 0 Å². The summed E-state index contributed by atoms with van der Waals surface area (Å²) in [6, 6.07) is 0. The van der Waals surface area contributed by atoms with E-state index in [4.69, 9.17) is 23.7 Å². The summed E-state index contributed by atoms with van der Waals surface area (Å²) in [5, 5.41) is 31.4. The third kappa shape index (κ3) is 39.5. The van der Waals surface area contributed by atoms with Crippen molar-refractivity contribution in [2.24, 2.45) is 0 Å². The van der Waals surface area contributed by atoms with E-state index in [1.807, 2.05) is 0 Å². The van der Waals surface area contributed by atoms with Gasteiger partial charge in [0.25, 0.3) is 0 Å². The minimum absolute atomic E-state index is 0.0567. The first kappa shape index (κ1) is 67.4. The van der Waals surface area contributed by atoms with Crippen LogP contribution in [-0.4, -0.2) is 89.2 Å². The monoisotopic (exact) mass is 1030 g/mol. The largest absolute Gasteiger partial charge is 0.479 e. The molecule has 1 rings (SSSR count). The average molecular weight is 1030 g/mol. The van der Waals surface area contributed by atoms with Gasteiger partial charge in [-0.05, 0) is 83.5 Å². The van der Waals surface area contributed by atoms with E-state index in [2.05, 4.69) is 81.5 Å². The lowest BCUT2D eigenvalue weighted by Gasteiger charge is -2.40. The van der Waals surface area contributed by atoms with Crippen LogP contribution < -0.4 is 0 Å². The molecule has 0 amide bonds. The van der Waals surface area contributed by atoms with Gasteiger partial charge in [-0.2, -0.15) is 0 Å². The van der Waals surface area contributed by atoms with Crippen LogP contribution in [-0.2, 0) is 42.9 Å². The first-order valence-electron chi connectivity index (χ1n) is 29.3. The van der Waals surface area contributed by atoms with E-state index in [1.54, 1.807) is 0 Å². The highest BCUT2D eigenvalue weighted by Gasteiger charge is 2.50. The number of aliphatic hydroxyl groups is 2. The van der Waals surface area contributed by atoms with Gasteiger partial charge >= 0.3 is 23.9 Å². The van der Waals surface area contributed by atoms with Crippen LogP contribution in [0, 0.1) is 0 Å². The number of unbranched alkanes of at least 4 members (excludes halogenated alkanes) is 25. The molecule has 0 spiro atoms. The fourth-order valence-corrected chi connectivity index (χ4v) is 8.59. The van der Waals surface area contributed by atoms with Gasteiger partial charge in [0.1, 0.15) is 18.8 Å². The van der Waals surface area contributed by atoms with E-state index in [9.17, 15) is 34.5 Å². The molecule has 1 saturated heterocycles. The molecule has 12 heteroatoms. The summed E-state index contributed by atoms with van der Waals surface area (Å²) in [7, 11) is 0. The molecule has 0 saturated carbocycles. The van der Waals surface area contributed by atoms with Crippen LogP contribution in [0.5, 0.6) is 0 Å². The van der Waals surface area contributed by atoms with Crippen LogP contribution in [0.1, 0.15) is 252 Å². The van der Waals surface area contributed by atoms with E-state index in [0.717, 1.165) is 89.9 Å². The van der Waals surface area contributed by atoms with Gasteiger partial charge in [0, 0.05) is 19.3 Å². The molecule has 0 aromatic rings. The van der Waals surface area contributed by atoms with Crippen LogP contribution >= 0.6 is 0 Å². The van der Waals surface area contributed by atoms with Gasteiger partial charge in [-0.25, -0.2) is 4.79 Å². The van der Waals surface area contributed by atoms with Crippen LogP contribution in [0.2, 0.25) is 0 Å². The number of aliphatic hydroxyl groups excluding tert-OH is 2. The Morgan fingerprint density at radius 1 is 0.466 bits per heavy atom. The Bertz CT molecular complexity index is 1500. The number of esters is 3. The molecule has 0 aliphatic carbocycles. The van der Waals surface area contributed by atoms with Crippen molar-refractivity contribution in [2.45, 2.75) is 289 Å². The fraction of sp³-hybridized carbons (Fsp3) is 0.770. The second kappa shape index (κ2) is 49.3. The third-order valence-electron chi connectivity index (χ3n) is 13.1. The molecule has 0 radical (unpaired) electrons. The molecule has 420 valence electrons. The van der Waals surface area contributed by atoms with E-state index in [-0.39, 0.29) is 25.9 Å². The Morgan fingerprint density at radius 2 is 0.863 bits per heavy atom. The van der Waals surface area contributed by atoms with Crippen molar-refractivity contribution in [3.05, 3.63) is 60.8 Å². The number of allylic oxidation sites excluding steroid dienone is 10. The molecule has 0 aromatic heterocycles. The number of aliphatic carboxylic acids is 1. The van der Waals surface area contributed by atoms with Crippen molar-refractivity contribution < 1.29 is 58.2 Å². The first-order valence-corrected chi connectivity index (χ1v) is 29.3. The maximum Gasteiger partial charge on any atom is 0.335 e. The number of carbonyl (C=O) groups is 4. The molecule has 1 aliphatic heterocycles. The Labute approximate surface area is 443 Å². The van der Waals surface area contributed by atoms with Crippen molar-refractivity contribution in [1.82, 2.24) is 0 Å². The smallest absolute Gasteiger partial charge is 0.335 e. The van der Waals surface area contributed by atoms with Gasteiger partial charge < -0.3 is 39.0 Å². The van der Waals surface area contributed by atoms with Gasteiger partial charge in [-0.1, -0.05) is 210 Å². The topological polar surface area (TPSA) is 175 Å². The molecule has 6 unspecified atom stereocenters. The summed E-state index contributed by atoms with van der Waals surface area (Å²) in [6.45, 7) is 5.83. The predicted molar refractivity (Wildman–Crippen MR) is 294 cm³/mol. The van der Waals surface area contributed by atoms with Gasteiger partial charge in [0.05, 0.1) is 6.61 Å². The lowest BCUT2D eigenvalue weighted by molar-refractivity contribution is -0.301.